The summed E-state index contributed by atoms with van der Waals surface area (Å²) >= 11 is 0. The number of furan rings is 1. The van der Waals surface area contributed by atoms with Crippen LogP contribution in [0.2, 0.25) is 0 Å². The lowest BCUT2D eigenvalue weighted by Crippen LogP contribution is -2.30. The summed E-state index contributed by atoms with van der Waals surface area (Å²) in [4.78, 5) is 11.8. The zero-order valence-corrected chi connectivity index (χ0v) is 13.0. The molecule has 0 radical (unpaired) electrons. The van der Waals surface area contributed by atoms with Crippen LogP contribution in [0, 0.1) is 5.82 Å². The zero-order chi connectivity index (χ0) is 16.9. The zero-order valence-electron chi connectivity index (χ0n) is 12.2. The minimum Gasteiger partial charge on any atom is -0.468 e. The van der Waals surface area contributed by atoms with Gasteiger partial charge in [0.15, 0.2) is 0 Å². The minimum absolute atomic E-state index is 0.0712. The fourth-order valence-electron chi connectivity index (χ4n) is 1.74. The molecule has 1 heterocycles. The Morgan fingerprint density at radius 1 is 1.35 bits per heavy atom. The van der Waals surface area contributed by atoms with Gasteiger partial charge in [-0.3, -0.25) is 4.72 Å². The highest BCUT2D eigenvalue weighted by atomic mass is 32.2. The molecule has 0 saturated heterocycles. The fraction of sp³-hybridized carbons (Fsp3) is 0.214. The van der Waals surface area contributed by atoms with E-state index in [4.69, 9.17) is 9.15 Å². The number of benzene rings is 1. The van der Waals surface area contributed by atoms with Crippen LogP contribution in [-0.2, 0) is 21.5 Å². The molecular formula is C14H15FN2O5S. The van der Waals surface area contributed by atoms with E-state index in [0.717, 1.165) is 18.2 Å². The number of halogens is 1. The average molecular weight is 342 g/mol. The number of rotatable bonds is 7. The van der Waals surface area contributed by atoms with Crippen molar-refractivity contribution in [1.82, 2.24) is 4.72 Å². The second-order valence-corrected chi connectivity index (χ2v) is 5.92. The lowest BCUT2D eigenvalue weighted by atomic mass is 10.2. The Kier molecular flexibility index (Phi) is 5.35. The topological polar surface area (TPSA) is 97.6 Å². The van der Waals surface area contributed by atoms with Crippen LogP contribution in [0.1, 0.15) is 23.0 Å². The minimum atomic E-state index is -3.98. The molecule has 2 rings (SSSR count). The summed E-state index contributed by atoms with van der Waals surface area (Å²) < 4.78 is 51.5. The Labute approximate surface area is 132 Å². The van der Waals surface area contributed by atoms with E-state index >= 15 is 0 Å². The number of ether oxygens (including phenoxy) is 1. The van der Waals surface area contributed by atoms with Crippen molar-refractivity contribution in [3.05, 3.63) is 53.7 Å². The molecule has 2 N–H and O–H groups in total. The standard InChI is InChI=1S/C14H15FN2O5S/c1-2-21-14(18)12-8-10(15)5-6-13(12)17-23(19,20)16-9-11-4-3-7-22-11/h3-8,16-17H,2,9H2,1H3. The van der Waals surface area contributed by atoms with E-state index in [-0.39, 0.29) is 24.4 Å². The van der Waals surface area contributed by atoms with Crippen LogP contribution in [-0.4, -0.2) is 21.0 Å². The molecule has 0 aliphatic heterocycles. The number of hydrogen-bond acceptors (Lipinski definition) is 5. The molecule has 9 heteroatoms. The highest BCUT2D eigenvalue weighted by Crippen LogP contribution is 2.19. The van der Waals surface area contributed by atoms with Crippen molar-refractivity contribution in [1.29, 1.82) is 0 Å². The van der Waals surface area contributed by atoms with Crippen molar-refractivity contribution >= 4 is 21.9 Å². The quantitative estimate of drug-likeness (QED) is 0.751. The van der Waals surface area contributed by atoms with Gasteiger partial charge < -0.3 is 9.15 Å². The second-order valence-electron chi connectivity index (χ2n) is 4.42. The predicted molar refractivity (Wildman–Crippen MR) is 80.4 cm³/mol. The highest BCUT2D eigenvalue weighted by Gasteiger charge is 2.18. The van der Waals surface area contributed by atoms with Crippen LogP contribution in [0.15, 0.2) is 41.0 Å². The van der Waals surface area contributed by atoms with E-state index in [1.54, 1.807) is 19.1 Å². The molecule has 23 heavy (non-hydrogen) atoms. The van der Waals surface area contributed by atoms with Crippen LogP contribution in [0.5, 0.6) is 0 Å². The molecule has 124 valence electrons. The molecule has 1 aromatic carbocycles. The Morgan fingerprint density at radius 2 is 2.13 bits per heavy atom. The maximum Gasteiger partial charge on any atom is 0.340 e. The molecule has 2 aromatic rings. The first kappa shape index (κ1) is 17.0. The third kappa shape index (κ3) is 4.80. The van der Waals surface area contributed by atoms with Crippen LogP contribution in [0.3, 0.4) is 0 Å². The first-order valence-corrected chi connectivity index (χ1v) is 8.16. The third-order valence-corrected chi connectivity index (χ3v) is 3.75. The number of hydrogen-bond donors (Lipinski definition) is 2. The molecule has 0 bridgehead atoms. The van der Waals surface area contributed by atoms with E-state index in [9.17, 15) is 17.6 Å². The summed E-state index contributed by atoms with van der Waals surface area (Å²) in [6.45, 7) is 1.60. The average Bonchev–Trinajstić information content (AvgIpc) is 3.01. The maximum absolute atomic E-state index is 13.3. The summed E-state index contributed by atoms with van der Waals surface area (Å²) in [5.41, 5.74) is -0.299. The van der Waals surface area contributed by atoms with Gasteiger partial charge in [0.05, 0.1) is 30.7 Å². The number of anilines is 1. The SMILES string of the molecule is CCOC(=O)c1cc(F)ccc1NS(=O)(=O)NCc1ccco1. The molecule has 0 unspecified atom stereocenters. The van der Waals surface area contributed by atoms with E-state index in [0.29, 0.717) is 5.76 Å². The van der Waals surface area contributed by atoms with Gasteiger partial charge in [0.1, 0.15) is 11.6 Å². The Morgan fingerprint density at radius 3 is 2.78 bits per heavy atom. The van der Waals surface area contributed by atoms with Crippen molar-refractivity contribution in [2.45, 2.75) is 13.5 Å². The van der Waals surface area contributed by atoms with Crippen molar-refractivity contribution in [3.8, 4) is 0 Å². The first-order valence-electron chi connectivity index (χ1n) is 6.67. The Bertz CT molecular complexity index is 774. The van der Waals surface area contributed by atoms with E-state index in [1.807, 2.05) is 0 Å². The van der Waals surface area contributed by atoms with Gasteiger partial charge in [0, 0.05) is 0 Å². The first-order chi connectivity index (χ1) is 10.9. The maximum atomic E-state index is 13.3. The van der Waals surface area contributed by atoms with Gasteiger partial charge in [0.25, 0.3) is 10.2 Å². The Balaban J connectivity index is 2.16. The van der Waals surface area contributed by atoms with E-state index < -0.39 is 22.0 Å². The van der Waals surface area contributed by atoms with Crippen LogP contribution < -0.4 is 9.44 Å². The van der Waals surface area contributed by atoms with Crippen LogP contribution in [0.25, 0.3) is 0 Å². The van der Waals surface area contributed by atoms with E-state index in [1.165, 1.54) is 6.26 Å². The largest absolute Gasteiger partial charge is 0.468 e. The summed E-state index contributed by atoms with van der Waals surface area (Å²) in [6, 6.07) is 6.31. The molecule has 0 aliphatic rings. The molecule has 7 nitrogen and oxygen atoms in total. The highest BCUT2D eigenvalue weighted by molar-refractivity contribution is 7.90. The number of nitrogens with one attached hydrogen (secondary N) is 2. The number of carbonyl (C=O) groups excluding carboxylic acids is 1. The van der Waals surface area contributed by atoms with Crippen molar-refractivity contribution < 1.29 is 26.8 Å². The van der Waals surface area contributed by atoms with Crippen LogP contribution >= 0.6 is 0 Å². The molecule has 1 aromatic heterocycles. The molecule has 0 spiro atoms. The van der Waals surface area contributed by atoms with Crippen LogP contribution in [0.4, 0.5) is 10.1 Å². The van der Waals surface area contributed by atoms with Gasteiger partial charge in [-0.15, -0.1) is 0 Å². The van der Waals surface area contributed by atoms with Gasteiger partial charge in [0.2, 0.25) is 0 Å². The predicted octanol–water partition coefficient (Wildman–Crippen LogP) is 2.04. The van der Waals surface area contributed by atoms with Crippen molar-refractivity contribution in [2.24, 2.45) is 0 Å². The van der Waals surface area contributed by atoms with Crippen molar-refractivity contribution in [2.75, 3.05) is 11.3 Å². The summed E-state index contributed by atoms with van der Waals surface area (Å²) in [6.07, 6.45) is 1.41. The molecular weight excluding hydrogens is 327 g/mol. The number of esters is 1. The normalized spacial score (nSPS) is 11.2. The lowest BCUT2D eigenvalue weighted by Gasteiger charge is -2.12. The van der Waals surface area contributed by atoms with E-state index in [2.05, 4.69) is 9.44 Å². The van der Waals surface area contributed by atoms with Gasteiger partial charge in [-0.05, 0) is 37.3 Å². The number of carbonyl (C=O) groups is 1. The summed E-state index contributed by atoms with van der Waals surface area (Å²) in [7, 11) is -3.98. The molecule has 0 atom stereocenters. The van der Waals surface area contributed by atoms with Gasteiger partial charge in [-0.2, -0.15) is 13.1 Å². The molecule has 0 aliphatic carbocycles. The fourth-order valence-corrected chi connectivity index (χ4v) is 2.62. The van der Waals surface area contributed by atoms with Gasteiger partial charge >= 0.3 is 5.97 Å². The smallest absolute Gasteiger partial charge is 0.340 e. The molecule has 0 amide bonds. The second kappa shape index (κ2) is 7.25. The lowest BCUT2D eigenvalue weighted by molar-refractivity contribution is 0.0527. The summed E-state index contributed by atoms with van der Waals surface area (Å²) in [5.74, 6) is -1.09. The van der Waals surface area contributed by atoms with Crippen molar-refractivity contribution in [3.63, 3.8) is 0 Å². The monoisotopic (exact) mass is 342 g/mol. The third-order valence-electron chi connectivity index (χ3n) is 2.74. The van der Waals surface area contributed by atoms with Gasteiger partial charge in [-0.1, -0.05) is 0 Å². The molecule has 0 fully saturated rings. The van der Waals surface area contributed by atoms with Gasteiger partial charge in [-0.25, -0.2) is 9.18 Å². The summed E-state index contributed by atoms with van der Waals surface area (Å²) in [5, 5.41) is 0. The Hall–Kier alpha value is -2.39. The molecule has 0 saturated carbocycles.